The Kier molecular flexibility index (Phi) is 3.89. The molecule has 0 radical (unpaired) electrons. The van der Waals surface area contributed by atoms with Crippen molar-refractivity contribution in [2.45, 2.75) is 26.1 Å². The largest absolute Gasteiger partial charge is 0.378 e. The molecule has 0 saturated carbocycles. The molecule has 5 heteroatoms. The van der Waals surface area contributed by atoms with E-state index in [1.807, 2.05) is 12.4 Å². The van der Waals surface area contributed by atoms with Gasteiger partial charge in [-0.05, 0) is 19.1 Å². The summed E-state index contributed by atoms with van der Waals surface area (Å²) in [5.41, 5.74) is 1.30. The van der Waals surface area contributed by atoms with Crippen LogP contribution in [0.3, 0.4) is 0 Å². The molecule has 0 unspecified atom stereocenters. The number of nitrogens with zero attached hydrogens (tertiary/aromatic N) is 4. The first kappa shape index (κ1) is 13.4. The molecule has 1 aliphatic heterocycles. The summed E-state index contributed by atoms with van der Waals surface area (Å²) in [5, 5.41) is 0. The first-order chi connectivity index (χ1) is 9.79. The standard InChI is InChI=1S/C15H22N4O/c1-3-18-8-6-16-15(18)11-19-9-10-20-12-14(19)13-5-4-7-17(13)2/h4-8,14H,3,9-12H2,1-2H3/t14-/m0/s1. The van der Waals surface area contributed by atoms with Crippen molar-refractivity contribution in [1.29, 1.82) is 0 Å². The number of morpholine rings is 1. The van der Waals surface area contributed by atoms with Crippen LogP contribution in [-0.2, 0) is 24.9 Å². The van der Waals surface area contributed by atoms with Crippen LogP contribution < -0.4 is 0 Å². The van der Waals surface area contributed by atoms with Gasteiger partial charge in [-0.25, -0.2) is 4.98 Å². The van der Waals surface area contributed by atoms with Gasteiger partial charge in [-0.1, -0.05) is 0 Å². The van der Waals surface area contributed by atoms with Crippen molar-refractivity contribution in [1.82, 2.24) is 19.0 Å². The van der Waals surface area contributed by atoms with Gasteiger partial charge in [0.1, 0.15) is 5.82 Å². The molecule has 1 fully saturated rings. The molecule has 108 valence electrons. The predicted molar refractivity (Wildman–Crippen MR) is 77.3 cm³/mol. The zero-order valence-corrected chi connectivity index (χ0v) is 12.2. The minimum Gasteiger partial charge on any atom is -0.378 e. The monoisotopic (exact) mass is 274 g/mol. The van der Waals surface area contributed by atoms with Gasteiger partial charge in [0, 0.05) is 44.4 Å². The highest BCUT2D eigenvalue weighted by Gasteiger charge is 2.27. The Balaban J connectivity index is 1.81. The number of ether oxygens (including phenoxy) is 1. The summed E-state index contributed by atoms with van der Waals surface area (Å²) in [7, 11) is 2.09. The third kappa shape index (κ3) is 2.51. The van der Waals surface area contributed by atoms with Crippen LogP contribution >= 0.6 is 0 Å². The van der Waals surface area contributed by atoms with Crippen LogP contribution in [0.4, 0.5) is 0 Å². The van der Waals surface area contributed by atoms with E-state index in [4.69, 9.17) is 4.74 Å². The van der Waals surface area contributed by atoms with Crippen LogP contribution in [0.15, 0.2) is 30.7 Å². The van der Waals surface area contributed by atoms with Gasteiger partial charge in [-0.2, -0.15) is 0 Å². The first-order valence-corrected chi connectivity index (χ1v) is 7.22. The van der Waals surface area contributed by atoms with E-state index >= 15 is 0 Å². The molecule has 1 aliphatic rings. The molecule has 1 saturated heterocycles. The highest BCUT2D eigenvalue weighted by Crippen LogP contribution is 2.25. The highest BCUT2D eigenvalue weighted by atomic mass is 16.5. The maximum absolute atomic E-state index is 5.68. The van der Waals surface area contributed by atoms with Gasteiger partial charge < -0.3 is 13.9 Å². The summed E-state index contributed by atoms with van der Waals surface area (Å²) in [4.78, 5) is 6.96. The second-order valence-electron chi connectivity index (χ2n) is 5.23. The lowest BCUT2D eigenvalue weighted by Gasteiger charge is -2.35. The summed E-state index contributed by atoms with van der Waals surface area (Å²) >= 11 is 0. The fourth-order valence-electron chi connectivity index (χ4n) is 2.88. The van der Waals surface area contributed by atoms with Gasteiger partial charge in [-0.15, -0.1) is 0 Å². The van der Waals surface area contributed by atoms with E-state index < -0.39 is 0 Å². The van der Waals surface area contributed by atoms with E-state index in [0.717, 1.165) is 38.7 Å². The minimum absolute atomic E-state index is 0.311. The molecule has 0 amide bonds. The van der Waals surface area contributed by atoms with E-state index in [1.165, 1.54) is 5.69 Å². The van der Waals surface area contributed by atoms with Crippen molar-refractivity contribution in [3.05, 3.63) is 42.2 Å². The molecule has 2 aromatic heterocycles. The quantitative estimate of drug-likeness (QED) is 0.853. The maximum atomic E-state index is 5.68. The van der Waals surface area contributed by atoms with Gasteiger partial charge in [0.05, 0.1) is 25.8 Å². The number of hydrogen-bond acceptors (Lipinski definition) is 3. The Morgan fingerprint density at radius 2 is 2.30 bits per heavy atom. The lowest BCUT2D eigenvalue weighted by atomic mass is 10.1. The molecule has 5 nitrogen and oxygen atoms in total. The summed E-state index contributed by atoms with van der Waals surface area (Å²) in [5.74, 6) is 1.13. The van der Waals surface area contributed by atoms with Crippen LogP contribution in [0.1, 0.15) is 24.5 Å². The molecule has 0 spiro atoms. The Bertz CT molecular complexity index is 560. The molecule has 0 bridgehead atoms. The summed E-state index contributed by atoms with van der Waals surface area (Å²) < 4.78 is 10.1. The summed E-state index contributed by atoms with van der Waals surface area (Å²) in [6.07, 6.45) is 6.03. The lowest BCUT2D eigenvalue weighted by molar-refractivity contribution is -0.0167. The second kappa shape index (κ2) is 5.81. The Morgan fingerprint density at radius 1 is 1.40 bits per heavy atom. The molecule has 1 atom stereocenters. The lowest BCUT2D eigenvalue weighted by Crippen LogP contribution is -2.40. The van der Waals surface area contributed by atoms with Crippen molar-refractivity contribution in [2.24, 2.45) is 7.05 Å². The topological polar surface area (TPSA) is 35.2 Å². The smallest absolute Gasteiger partial charge is 0.122 e. The van der Waals surface area contributed by atoms with Gasteiger partial charge >= 0.3 is 0 Å². The van der Waals surface area contributed by atoms with Crippen LogP contribution in [0.2, 0.25) is 0 Å². The van der Waals surface area contributed by atoms with Crippen molar-refractivity contribution in [3.63, 3.8) is 0 Å². The van der Waals surface area contributed by atoms with Crippen LogP contribution in [0.25, 0.3) is 0 Å². The molecule has 0 aromatic carbocycles. The van der Waals surface area contributed by atoms with E-state index in [1.54, 1.807) is 0 Å². The summed E-state index contributed by atoms with van der Waals surface area (Å²) in [6, 6.07) is 4.58. The fraction of sp³-hybridized carbons (Fsp3) is 0.533. The molecular formula is C15H22N4O. The van der Waals surface area contributed by atoms with E-state index in [9.17, 15) is 0 Å². The molecule has 3 heterocycles. The Labute approximate surface area is 119 Å². The summed E-state index contributed by atoms with van der Waals surface area (Å²) in [6.45, 7) is 6.50. The Hall–Kier alpha value is -1.59. The minimum atomic E-state index is 0.311. The number of aryl methyl sites for hydroxylation is 2. The van der Waals surface area contributed by atoms with Crippen molar-refractivity contribution in [2.75, 3.05) is 19.8 Å². The number of hydrogen-bond donors (Lipinski definition) is 0. The van der Waals surface area contributed by atoms with Crippen molar-refractivity contribution in [3.8, 4) is 0 Å². The SMILES string of the molecule is CCn1ccnc1CN1CCOC[C@H]1c1cccn1C. The molecular weight excluding hydrogens is 252 g/mol. The third-order valence-corrected chi connectivity index (χ3v) is 4.05. The van der Waals surface area contributed by atoms with Gasteiger partial charge in [-0.3, -0.25) is 4.90 Å². The maximum Gasteiger partial charge on any atom is 0.122 e. The van der Waals surface area contributed by atoms with Gasteiger partial charge in [0.25, 0.3) is 0 Å². The number of rotatable bonds is 4. The first-order valence-electron chi connectivity index (χ1n) is 7.22. The Morgan fingerprint density at radius 3 is 3.05 bits per heavy atom. The molecule has 3 rings (SSSR count). The van der Waals surface area contributed by atoms with Gasteiger partial charge in [0.15, 0.2) is 0 Å². The number of imidazole rings is 1. The molecule has 20 heavy (non-hydrogen) atoms. The fourth-order valence-corrected chi connectivity index (χ4v) is 2.88. The van der Waals surface area contributed by atoms with Gasteiger partial charge in [0.2, 0.25) is 0 Å². The molecule has 2 aromatic rings. The predicted octanol–water partition coefficient (Wildman–Crippen LogP) is 1.81. The van der Waals surface area contributed by atoms with Crippen molar-refractivity contribution >= 4 is 0 Å². The van der Waals surface area contributed by atoms with Crippen LogP contribution in [-0.4, -0.2) is 38.8 Å². The van der Waals surface area contributed by atoms with Crippen molar-refractivity contribution < 1.29 is 4.74 Å². The third-order valence-electron chi connectivity index (χ3n) is 4.05. The average Bonchev–Trinajstić information content (AvgIpc) is 3.08. The highest BCUT2D eigenvalue weighted by molar-refractivity contribution is 5.13. The zero-order chi connectivity index (χ0) is 13.9. The molecule has 0 aliphatic carbocycles. The normalized spacial score (nSPS) is 20.4. The second-order valence-corrected chi connectivity index (χ2v) is 5.23. The number of aromatic nitrogens is 3. The zero-order valence-electron chi connectivity index (χ0n) is 12.2. The van der Waals surface area contributed by atoms with E-state index in [0.29, 0.717) is 6.04 Å². The van der Waals surface area contributed by atoms with Crippen LogP contribution in [0.5, 0.6) is 0 Å². The van der Waals surface area contributed by atoms with Crippen LogP contribution in [0, 0.1) is 0 Å². The van der Waals surface area contributed by atoms with E-state index in [-0.39, 0.29) is 0 Å². The van der Waals surface area contributed by atoms with E-state index in [2.05, 4.69) is 51.3 Å². The molecule has 0 N–H and O–H groups in total. The average molecular weight is 274 g/mol.